The molecule has 1 aliphatic rings. The maximum Gasteiger partial charge on any atom is 0.270 e. The highest BCUT2D eigenvalue weighted by Gasteiger charge is 2.27. The van der Waals surface area contributed by atoms with Crippen LogP contribution in [0.1, 0.15) is 30.1 Å². The zero-order valence-electron chi connectivity index (χ0n) is 11.2. The highest BCUT2D eigenvalue weighted by Crippen LogP contribution is 2.19. The summed E-state index contributed by atoms with van der Waals surface area (Å²) in [4.78, 5) is 35.7. The monoisotopic (exact) mass is 276 g/mol. The van der Waals surface area contributed by atoms with Crippen molar-refractivity contribution < 1.29 is 14.5 Å². The molecule has 1 aromatic rings. The Bertz CT molecular complexity index is 556. The van der Waals surface area contributed by atoms with E-state index in [1.807, 2.05) is 6.92 Å². The second-order valence-electron chi connectivity index (χ2n) is 5.03. The molecule has 2 rings (SSSR count). The van der Waals surface area contributed by atoms with Gasteiger partial charge in [-0.1, -0.05) is 19.1 Å². The Morgan fingerprint density at radius 1 is 1.50 bits per heavy atom. The van der Waals surface area contributed by atoms with E-state index < -0.39 is 4.92 Å². The first-order chi connectivity index (χ1) is 9.49. The van der Waals surface area contributed by atoms with E-state index >= 15 is 0 Å². The van der Waals surface area contributed by atoms with Crippen molar-refractivity contribution in [2.75, 3.05) is 13.1 Å². The zero-order valence-corrected chi connectivity index (χ0v) is 11.2. The number of likely N-dealkylation sites (tertiary alicyclic amines) is 1. The van der Waals surface area contributed by atoms with E-state index in [4.69, 9.17) is 0 Å². The number of carbonyl (C=O) groups is 2. The zero-order chi connectivity index (χ0) is 14.7. The Morgan fingerprint density at radius 3 is 2.95 bits per heavy atom. The number of nitro groups is 1. The molecular weight excluding hydrogens is 260 g/mol. The molecule has 1 aromatic carbocycles. The fourth-order valence-corrected chi connectivity index (χ4v) is 2.35. The van der Waals surface area contributed by atoms with Crippen LogP contribution in [0, 0.1) is 16.0 Å². The first kappa shape index (κ1) is 14.2. The Kier molecular flexibility index (Phi) is 4.12. The summed E-state index contributed by atoms with van der Waals surface area (Å²) in [6.45, 7) is 2.42. The SMILES string of the molecule is CC1CCCN(CC(=O)c2cccc([N+](=O)[O-])c2)C1=O. The number of nitro benzene ring substituents is 1. The van der Waals surface area contributed by atoms with Crippen molar-refractivity contribution in [1.29, 1.82) is 0 Å². The van der Waals surface area contributed by atoms with Crippen LogP contribution >= 0.6 is 0 Å². The van der Waals surface area contributed by atoms with Crippen LogP contribution in [0.3, 0.4) is 0 Å². The molecule has 6 nitrogen and oxygen atoms in total. The van der Waals surface area contributed by atoms with Gasteiger partial charge in [-0.15, -0.1) is 0 Å². The fraction of sp³-hybridized carbons (Fsp3) is 0.429. The molecule has 0 radical (unpaired) electrons. The number of ketones is 1. The molecule has 1 atom stereocenters. The van der Waals surface area contributed by atoms with Crippen molar-refractivity contribution in [1.82, 2.24) is 4.90 Å². The minimum absolute atomic E-state index is 0.00958. The molecule has 0 saturated carbocycles. The van der Waals surface area contributed by atoms with Crippen LogP contribution in [0.15, 0.2) is 24.3 Å². The summed E-state index contributed by atoms with van der Waals surface area (Å²) >= 11 is 0. The number of hydrogen-bond donors (Lipinski definition) is 0. The average Bonchev–Trinajstić information content (AvgIpc) is 2.44. The van der Waals surface area contributed by atoms with Gasteiger partial charge in [0.15, 0.2) is 5.78 Å². The molecule has 1 saturated heterocycles. The Hall–Kier alpha value is -2.24. The van der Waals surface area contributed by atoms with Gasteiger partial charge in [0.25, 0.3) is 5.69 Å². The van der Waals surface area contributed by atoms with E-state index in [0.29, 0.717) is 6.54 Å². The van der Waals surface area contributed by atoms with Gasteiger partial charge < -0.3 is 4.90 Å². The molecule has 0 spiro atoms. The highest BCUT2D eigenvalue weighted by atomic mass is 16.6. The predicted octanol–water partition coefficient (Wildman–Crippen LogP) is 2.04. The molecule has 106 valence electrons. The lowest BCUT2D eigenvalue weighted by Crippen LogP contribution is -2.43. The van der Waals surface area contributed by atoms with Crippen LogP contribution in [0.4, 0.5) is 5.69 Å². The van der Waals surface area contributed by atoms with Gasteiger partial charge in [-0.2, -0.15) is 0 Å². The third-order valence-electron chi connectivity index (χ3n) is 3.51. The standard InChI is InChI=1S/C14H16N2O4/c1-10-4-3-7-15(14(10)18)9-13(17)11-5-2-6-12(8-11)16(19)20/h2,5-6,8,10H,3-4,7,9H2,1H3. The smallest absolute Gasteiger partial charge is 0.270 e. The summed E-state index contributed by atoms with van der Waals surface area (Å²) in [5.74, 6) is -0.340. The van der Waals surface area contributed by atoms with Gasteiger partial charge in [0.1, 0.15) is 0 Å². The maximum absolute atomic E-state index is 12.1. The Labute approximate surface area is 116 Å². The number of hydrogen-bond acceptors (Lipinski definition) is 4. The summed E-state index contributed by atoms with van der Waals surface area (Å²) in [6.07, 6.45) is 1.73. The minimum Gasteiger partial charge on any atom is -0.335 e. The van der Waals surface area contributed by atoms with Crippen LogP contribution in [-0.2, 0) is 4.79 Å². The van der Waals surface area contributed by atoms with Gasteiger partial charge in [0.05, 0.1) is 11.5 Å². The Balaban J connectivity index is 2.10. The molecule has 0 aromatic heterocycles. The molecule has 1 aliphatic heterocycles. The van der Waals surface area contributed by atoms with Crippen molar-refractivity contribution in [2.24, 2.45) is 5.92 Å². The van der Waals surface area contributed by atoms with Gasteiger partial charge in [-0.3, -0.25) is 19.7 Å². The average molecular weight is 276 g/mol. The number of Topliss-reactive ketones (excluding diaryl/α,β-unsaturated/α-hetero) is 1. The van der Waals surface area contributed by atoms with Crippen LogP contribution < -0.4 is 0 Å². The lowest BCUT2D eigenvalue weighted by molar-refractivity contribution is -0.384. The number of non-ortho nitro benzene ring substituents is 1. The molecule has 1 heterocycles. The van der Waals surface area contributed by atoms with Crippen molar-refractivity contribution in [3.63, 3.8) is 0 Å². The summed E-state index contributed by atoms with van der Waals surface area (Å²) in [7, 11) is 0. The van der Waals surface area contributed by atoms with Crippen molar-refractivity contribution in [3.8, 4) is 0 Å². The second-order valence-corrected chi connectivity index (χ2v) is 5.03. The topological polar surface area (TPSA) is 80.5 Å². The molecule has 1 fully saturated rings. The van der Waals surface area contributed by atoms with E-state index in [0.717, 1.165) is 12.8 Å². The van der Waals surface area contributed by atoms with Crippen molar-refractivity contribution in [2.45, 2.75) is 19.8 Å². The second kappa shape index (κ2) is 5.81. The fourth-order valence-electron chi connectivity index (χ4n) is 2.35. The predicted molar refractivity (Wildman–Crippen MR) is 72.4 cm³/mol. The lowest BCUT2D eigenvalue weighted by atomic mass is 9.98. The molecule has 6 heteroatoms. The van der Waals surface area contributed by atoms with Crippen LogP contribution in [-0.4, -0.2) is 34.6 Å². The summed E-state index contributed by atoms with van der Waals surface area (Å²) in [5.41, 5.74) is 0.152. The van der Waals surface area contributed by atoms with Gasteiger partial charge >= 0.3 is 0 Å². The lowest BCUT2D eigenvalue weighted by Gasteiger charge is -2.30. The van der Waals surface area contributed by atoms with E-state index in [2.05, 4.69) is 0 Å². The van der Waals surface area contributed by atoms with Gasteiger partial charge in [0.2, 0.25) is 5.91 Å². The number of carbonyl (C=O) groups excluding carboxylic acids is 2. The number of amides is 1. The van der Waals surface area contributed by atoms with E-state index in [1.54, 1.807) is 0 Å². The molecule has 0 N–H and O–H groups in total. The van der Waals surface area contributed by atoms with Gasteiger partial charge in [0, 0.05) is 30.2 Å². The highest BCUT2D eigenvalue weighted by molar-refractivity contribution is 6.00. The number of rotatable bonds is 4. The van der Waals surface area contributed by atoms with E-state index in [-0.39, 0.29) is 35.4 Å². The van der Waals surface area contributed by atoms with Crippen LogP contribution in [0.2, 0.25) is 0 Å². The first-order valence-corrected chi connectivity index (χ1v) is 6.55. The molecule has 1 amide bonds. The molecule has 0 aliphatic carbocycles. The number of benzene rings is 1. The molecule has 0 bridgehead atoms. The normalized spacial score (nSPS) is 18.9. The summed E-state index contributed by atoms with van der Waals surface area (Å²) in [5, 5.41) is 10.7. The number of piperidine rings is 1. The molecule has 1 unspecified atom stereocenters. The summed E-state index contributed by atoms with van der Waals surface area (Å²) < 4.78 is 0. The Morgan fingerprint density at radius 2 is 2.25 bits per heavy atom. The quantitative estimate of drug-likeness (QED) is 0.479. The third kappa shape index (κ3) is 3.01. The maximum atomic E-state index is 12.1. The number of nitrogens with zero attached hydrogens (tertiary/aromatic N) is 2. The van der Waals surface area contributed by atoms with Gasteiger partial charge in [-0.25, -0.2) is 0 Å². The van der Waals surface area contributed by atoms with Crippen molar-refractivity contribution >= 4 is 17.4 Å². The van der Waals surface area contributed by atoms with E-state index in [9.17, 15) is 19.7 Å². The molecule has 20 heavy (non-hydrogen) atoms. The van der Waals surface area contributed by atoms with Crippen LogP contribution in [0.25, 0.3) is 0 Å². The first-order valence-electron chi connectivity index (χ1n) is 6.55. The van der Waals surface area contributed by atoms with E-state index in [1.165, 1.54) is 29.2 Å². The van der Waals surface area contributed by atoms with Gasteiger partial charge in [-0.05, 0) is 12.8 Å². The van der Waals surface area contributed by atoms with Crippen LogP contribution in [0.5, 0.6) is 0 Å². The minimum atomic E-state index is -0.537. The largest absolute Gasteiger partial charge is 0.335 e. The summed E-state index contributed by atoms with van der Waals surface area (Å²) in [6, 6.07) is 5.60. The third-order valence-corrected chi connectivity index (χ3v) is 3.51. The van der Waals surface area contributed by atoms with Crippen molar-refractivity contribution in [3.05, 3.63) is 39.9 Å². The molecular formula is C14H16N2O4.